The molecular weight excluding hydrogens is 743 g/mol. The molecule has 0 radical (unpaired) electrons. The lowest BCUT2D eigenvalue weighted by molar-refractivity contribution is -0.137. The molecule has 2 saturated heterocycles. The summed E-state index contributed by atoms with van der Waals surface area (Å²) in [6.07, 6.45) is 1.26. The molecule has 2 aliphatic heterocycles. The fourth-order valence-corrected chi connectivity index (χ4v) is 6.89. The second kappa shape index (κ2) is 20.3. The van der Waals surface area contributed by atoms with Gasteiger partial charge in [-0.15, -0.1) is 10.2 Å². The van der Waals surface area contributed by atoms with Crippen molar-refractivity contribution in [3.8, 4) is 5.75 Å². The van der Waals surface area contributed by atoms with Crippen molar-refractivity contribution in [2.24, 2.45) is 0 Å². The van der Waals surface area contributed by atoms with Crippen LogP contribution in [0.3, 0.4) is 0 Å². The minimum Gasteiger partial charge on any atom is -0.489 e. The number of ether oxygens (including phenoxy) is 3. The summed E-state index contributed by atoms with van der Waals surface area (Å²) < 4.78 is 17.7. The van der Waals surface area contributed by atoms with E-state index in [4.69, 9.17) is 42.5 Å². The number of hydrogen-bond acceptors (Lipinski definition) is 10. The Hall–Kier alpha value is -4.69. The van der Waals surface area contributed by atoms with Crippen LogP contribution in [0.2, 0.25) is 10.0 Å². The normalized spacial score (nSPS) is 17.6. The summed E-state index contributed by atoms with van der Waals surface area (Å²) in [5.41, 5.74) is 4.66. The highest BCUT2D eigenvalue weighted by Crippen LogP contribution is 2.28. The van der Waals surface area contributed by atoms with E-state index in [0.29, 0.717) is 49.4 Å². The lowest BCUT2D eigenvalue weighted by Gasteiger charge is -2.33. The number of carboxylic acid groups (broad SMARTS) is 1. The maximum Gasteiger partial charge on any atom is 0.304 e. The number of nitrogens with one attached hydrogen (secondary N) is 1. The zero-order valence-corrected chi connectivity index (χ0v) is 31.9. The maximum absolute atomic E-state index is 12.3. The minimum atomic E-state index is -0.777. The lowest BCUT2D eigenvalue weighted by Crippen LogP contribution is -2.39. The number of carbonyl (C=O) groups excluding carboxylic acids is 1. The molecule has 0 aliphatic carbocycles. The lowest BCUT2D eigenvalue weighted by atomic mass is 10.00. The van der Waals surface area contributed by atoms with Gasteiger partial charge in [0.15, 0.2) is 11.6 Å². The number of tetrazole rings is 1. The molecule has 0 bridgehead atoms. The molecule has 2 atom stereocenters. The van der Waals surface area contributed by atoms with Crippen LogP contribution in [-0.4, -0.2) is 99.8 Å². The van der Waals surface area contributed by atoms with Crippen LogP contribution in [0.25, 0.3) is 0 Å². The largest absolute Gasteiger partial charge is 0.489 e. The van der Waals surface area contributed by atoms with Crippen LogP contribution in [0.15, 0.2) is 97.1 Å². The number of carbonyl (C=O) groups is 2. The van der Waals surface area contributed by atoms with E-state index in [1.54, 1.807) is 12.1 Å². The van der Waals surface area contributed by atoms with Gasteiger partial charge in [-0.25, -0.2) is 0 Å². The standard InChI is InChI=1S/C21H23NO4.C20H21Cl2N5O2/c23-19(17-4-2-1-3-5-17)14-16-6-8-18(9-7-16)20-15-22(12-13-26-20)11-10-21(24)25;21-17-2-1-3-18(22)16(17)13-29-15-6-4-14(5-7-15)19-12-27(10-11-28-19)9-8-20-23-25-26-24-20/h1-9,20H,10-15H2,(H,24,25);1-7,19H,8-13H2,(H,23,24,25,26). The van der Waals surface area contributed by atoms with Gasteiger partial charge in [0.05, 0.1) is 31.8 Å². The van der Waals surface area contributed by atoms with Crippen LogP contribution in [0.4, 0.5) is 0 Å². The monoisotopic (exact) mass is 786 g/mol. The van der Waals surface area contributed by atoms with Gasteiger partial charge in [-0.2, -0.15) is 5.21 Å². The third kappa shape index (κ3) is 12.1. The van der Waals surface area contributed by atoms with Crippen molar-refractivity contribution in [3.63, 3.8) is 0 Å². The minimum absolute atomic E-state index is 0.0288. The number of Topliss-reactive ketones (excluding diaryl/α,β-unsaturated/α-hetero) is 1. The third-order valence-electron chi connectivity index (χ3n) is 9.49. The first-order valence-corrected chi connectivity index (χ1v) is 19.0. The summed E-state index contributed by atoms with van der Waals surface area (Å²) in [5.74, 6) is 0.815. The summed E-state index contributed by atoms with van der Waals surface area (Å²) in [6, 6.07) is 30.6. The molecule has 2 N–H and O–H groups in total. The first kappa shape index (κ1) is 40.0. The van der Waals surface area contributed by atoms with E-state index in [2.05, 4.69) is 30.4 Å². The molecule has 288 valence electrons. The van der Waals surface area contributed by atoms with Crippen LogP contribution in [0.5, 0.6) is 5.75 Å². The number of halogens is 2. The van der Waals surface area contributed by atoms with Gasteiger partial charge in [0.25, 0.3) is 0 Å². The molecule has 55 heavy (non-hydrogen) atoms. The number of aromatic nitrogens is 4. The first-order chi connectivity index (χ1) is 26.8. The van der Waals surface area contributed by atoms with Gasteiger partial charge in [-0.05, 0) is 41.0 Å². The Morgan fingerprint density at radius 2 is 1.42 bits per heavy atom. The van der Waals surface area contributed by atoms with E-state index in [1.165, 1.54) is 0 Å². The molecule has 7 rings (SSSR count). The van der Waals surface area contributed by atoms with Crippen LogP contribution in [-0.2, 0) is 33.7 Å². The number of hydrogen-bond donors (Lipinski definition) is 2. The number of H-pyrrole nitrogens is 1. The van der Waals surface area contributed by atoms with E-state index in [1.807, 2.05) is 84.9 Å². The predicted molar refractivity (Wildman–Crippen MR) is 209 cm³/mol. The highest BCUT2D eigenvalue weighted by molar-refractivity contribution is 6.35. The van der Waals surface area contributed by atoms with Crippen molar-refractivity contribution in [2.75, 3.05) is 52.5 Å². The summed E-state index contributed by atoms with van der Waals surface area (Å²) >= 11 is 12.4. The Balaban J connectivity index is 0.000000188. The fraction of sp³-hybridized carbons (Fsp3) is 0.341. The summed E-state index contributed by atoms with van der Waals surface area (Å²) in [6.45, 7) is 6.20. The highest BCUT2D eigenvalue weighted by atomic mass is 35.5. The van der Waals surface area contributed by atoms with Crippen LogP contribution in [0.1, 0.15) is 57.1 Å². The van der Waals surface area contributed by atoms with Gasteiger partial charge in [0, 0.05) is 73.3 Å². The second-order valence-corrected chi connectivity index (χ2v) is 14.1. The van der Waals surface area contributed by atoms with Gasteiger partial charge in [-0.1, -0.05) is 101 Å². The van der Waals surface area contributed by atoms with E-state index in [0.717, 1.165) is 72.0 Å². The number of ketones is 1. The van der Waals surface area contributed by atoms with Gasteiger partial charge in [0.1, 0.15) is 12.4 Å². The van der Waals surface area contributed by atoms with Crippen molar-refractivity contribution in [1.82, 2.24) is 30.4 Å². The van der Waals surface area contributed by atoms with Crippen molar-refractivity contribution in [3.05, 3.63) is 141 Å². The molecule has 3 heterocycles. The van der Waals surface area contributed by atoms with Crippen molar-refractivity contribution >= 4 is 35.0 Å². The molecule has 12 nitrogen and oxygen atoms in total. The Bertz CT molecular complexity index is 1930. The number of nitrogens with zero attached hydrogens (tertiary/aromatic N) is 5. The number of carboxylic acids is 1. The number of aliphatic carboxylic acids is 1. The Labute approximate surface area is 330 Å². The molecule has 2 unspecified atom stereocenters. The topological polar surface area (TPSA) is 143 Å². The number of benzene rings is 4. The number of rotatable bonds is 14. The van der Waals surface area contributed by atoms with E-state index in [9.17, 15) is 9.59 Å². The molecule has 0 amide bonds. The Morgan fingerprint density at radius 1 is 0.800 bits per heavy atom. The highest BCUT2D eigenvalue weighted by Gasteiger charge is 2.24. The van der Waals surface area contributed by atoms with Crippen molar-refractivity contribution in [1.29, 1.82) is 0 Å². The predicted octanol–water partition coefficient (Wildman–Crippen LogP) is 6.66. The van der Waals surface area contributed by atoms with Gasteiger partial charge < -0.3 is 19.3 Å². The molecule has 4 aromatic carbocycles. The molecule has 0 saturated carbocycles. The van der Waals surface area contributed by atoms with Crippen LogP contribution >= 0.6 is 23.2 Å². The number of morpholine rings is 2. The Morgan fingerprint density at radius 3 is 2.02 bits per heavy atom. The van der Waals surface area contributed by atoms with Gasteiger partial charge in [-0.3, -0.25) is 19.4 Å². The molecule has 5 aromatic rings. The Kier molecular flexibility index (Phi) is 14.8. The first-order valence-electron chi connectivity index (χ1n) is 18.3. The van der Waals surface area contributed by atoms with E-state index < -0.39 is 5.97 Å². The summed E-state index contributed by atoms with van der Waals surface area (Å²) in [4.78, 5) is 27.5. The fourth-order valence-electron chi connectivity index (χ4n) is 6.38. The second-order valence-electron chi connectivity index (χ2n) is 13.3. The zero-order valence-electron chi connectivity index (χ0n) is 30.4. The van der Waals surface area contributed by atoms with Crippen molar-refractivity contribution < 1.29 is 28.9 Å². The zero-order chi connectivity index (χ0) is 38.4. The molecule has 1 aromatic heterocycles. The third-order valence-corrected chi connectivity index (χ3v) is 10.2. The number of aromatic amines is 1. The quantitative estimate of drug-likeness (QED) is 0.117. The molecule has 2 fully saturated rings. The maximum atomic E-state index is 12.3. The molecular formula is C41H44Cl2N6O6. The molecule has 14 heteroatoms. The van der Waals surface area contributed by atoms with Crippen LogP contribution < -0.4 is 4.74 Å². The molecule has 2 aliphatic rings. The SMILES string of the molecule is Clc1cccc(Cl)c1COc1ccc(C2CN(CCc3nn[nH]n3)CCO2)cc1.O=C(O)CCN1CCOC(c2ccc(CC(=O)c3ccccc3)cc2)C1. The van der Waals surface area contributed by atoms with E-state index >= 15 is 0 Å². The van der Waals surface area contributed by atoms with Gasteiger partial charge in [0.2, 0.25) is 0 Å². The van der Waals surface area contributed by atoms with E-state index in [-0.39, 0.29) is 24.4 Å². The summed E-state index contributed by atoms with van der Waals surface area (Å²) in [7, 11) is 0. The summed E-state index contributed by atoms with van der Waals surface area (Å²) in [5, 5.41) is 24.1. The van der Waals surface area contributed by atoms with Crippen LogP contribution in [0, 0.1) is 0 Å². The molecule has 0 spiro atoms. The van der Waals surface area contributed by atoms with Gasteiger partial charge >= 0.3 is 5.97 Å². The average molecular weight is 788 g/mol. The van der Waals surface area contributed by atoms with Crippen molar-refractivity contribution in [2.45, 2.75) is 38.1 Å². The smallest absolute Gasteiger partial charge is 0.304 e. The average Bonchev–Trinajstić information content (AvgIpc) is 3.74.